The van der Waals surface area contributed by atoms with E-state index < -0.39 is 24.0 Å². The van der Waals surface area contributed by atoms with E-state index in [0.717, 1.165) is 23.9 Å². The molecule has 1 aromatic heterocycles. The lowest BCUT2D eigenvalue weighted by Gasteiger charge is -2.19. The van der Waals surface area contributed by atoms with Crippen LogP contribution >= 0.6 is 11.6 Å². The predicted octanol–water partition coefficient (Wildman–Crippen LogP) is 6.01. The number of nitrogens with one attached hydrogen (secondary N) is 1. The van der Waals surface area contributed by atoms with E-state index in [9.17, 15) is 28.3 Å². The maximum Gasteiger partial charge on any atom is 0.586 e. The number of carboxylic acids is 1. The highest BCUT2D eigenvalue weighted by atomic mass is 35.5. The zero-order valence-corrected chi connectivity index (χ0v) is 21.3. The molecule has 40 heavy (non-hydrogen) atoms. The molecule has 0 aliphatic carbocycles. The number of aromatic nitrogens is 1. The van der Waals surface area contributed by atoms with Crippen LogP contribution in [0.3, 0.4) is 0 Å². The number of carboxylic acid groups (broad SMARTS) is 1. The van der Waals surface area contributed by atoms with E-state index >= 15 is 0 Å². The molecule has 0 saturated carbocycles. The van der Waals surface area contributed by atoms with Crippen LogP contribution in [0.25, 0.3) is 0 Å². The average molecular weight is 566 g/mol. The van der Waals surface area contributed by atoms with Crippen LogP contribution in [0, 0.1) is 0 Å². The number of aromatic carboxylic acids is 1. The van der Waals surface area contributed by atoms with Crippen molar-refractivity contribution < 1.29 is 37.7 Å². The van der Waals surface area contributed by atoms with Gasteiger partial charge in [0.15, 0.2) is 11.5 Å². The van der Waals surface area contributed by atoms with Gasteiger partial charge in [-0.05, 0) is 72.8 Å². The van der Waals surface area contributed by atoms with Crippen molar-refractivity contribution in [3.8, 4) is 11.5 Å². The van der Waals surface area contributed by atoms with E-state index in [-0.39, 0.29) is 39.6 Å². The molecule has 1 aliphatic heterocycles. The molecule has 0 saturated heterocycles. The van der Waals surface area contributed by atoms with Gasteiger partial charge in [-0.2, -0.15) is 0 Å². The van der Waals surface area contributed by atoms with Crippen LogP contribution in [0.5, 0.6) is 11.5 Å². The fourth-order valence-corrected chi connectivity index (χ4v) is 4.06. The number of benzene rings is 3. The Balaban J connectivity index is 1.33. The van der Waals surface area contributed by atoms with Crippen LogP contribution in [-0.4, -0.2) is 41.1 Å². The highest BCUT2D eigenvalue weighted by molar-refractivity contribution is 6.30. The Labute approximate surface area is 230 Å². The van der Waals surface area contributed by atoms with Gasteiger partial charge in [0.25, 0.3) is 5.91 Å². The smallest absolute Gasteiger partial charge is 0.478 e. The molecule has 1 amide bonds. The van der Waals surface area contributed by atoms with Crippen molar-refractivity contribution >= 4 is 46.3 Å². The summed E-state index contributed by atoms with van der Waals surface area (Å²) in [6.07, 6.45) is -2.34. The Morgan fingerprint density at radius 3 is 2.25 bits per heavy atom. The summed E-state index contributed by atoms with van der Waals surface area (Å²) in [4.78, 5) is 43.8. The van der Waals surface area contributed by atoms with Crippen molar-refractivity contribution in [3.05, 3.63) is 106 Å². The second-order valence-electron chi connectivity index (χ2n) is 8.61. The second-order valence-corrected chi connectivity index (χ2v) is 9.05. The Bertz CT molecular complexity index is 1650. The first-order valence-corrected chi connectivity index (χ1v) is 12.0. The second kappa shape index (κ2) is 10.3. The van der Waals surface area contributed by atoms with Gasteiger partial charge >= 0.3 is 12.3 Å². The number of rotatable bonds is 7. The number of ether oxygens (including phenoxy) is 2. The van der Waals surface area contributed by atoms with E-state index in [0.29, 0.717) is 10.7 Å². The largest absolute Gasteiger partial charge is 0.586 e. The quantitative estimate of drug-likeness (QED) is 0.262. The molecule has 9 nitrogen and oxygen atoms in total. The van der Waals surface area contributed by atoms with Crippen LogP contribution in [0.4, 0.5) is 25.8 Å². The number of carbonyl (C=O) groups is 3. The third kappa shape index (κ3) is 5.40. The number of fused-ring (bicyclic) bond motifs is 1. The van der Waals surface area contributed by atoms with Gasteiger partial charge in [0.2, 0.25) is 5.78 Å². The van der Waals surface area contributed by atoms with Crippen molar-refractivity contribution in [2.75, 3.05) is 17.3 Å². The lowest BCUT2D eigenvalue weighted by molar-refractivity contribution is -0.286. The standard InChI is InChI=1S/C28H18ClF2N3O6/c1-34(18-6-4-17(29)5-7-18)19-8-10-22(32-14-19)25(35)15-2-9-21(20(12-15)27(37)38)33-26(36)16-3-11-23-24(13-16)40-28(30,31)39-23/h2-14H,1H3,(H,33,36)(H,37,38). The molecule has 2 N–H and O–H groups in total. The minimum atomic E-state index is -3.85. The van der Waals surface area contributed by atoms with Gasteiger partial charge in [-0.25, -0.2) is 4.79 Å². The minimum Gasteiger partial charge on any atom is -0.478 e. The van der Waals surface area contributed by atoms with E-state index in [4.69, 9.17) is 11.6 Å². The third-order valence-corrected chi connectivity index (χ3v) is 6.26. The number of amides is 1. The van der Waals surface area contributed by atoms with Gasteiger partial charge in [0, 0.05) is 28.9 Å². The van der Waals surface area contributed by atoms with E-state index in [1.54, 1.807) is 18.2 Å². The van der Waals surface area contributed by atoms with Crippen molar-refractivity contribution in [3.63, 3.8) is 0 Å². The number of carbonyl (C=O) groups excluding carboxylic acids is 2. The number of anilines is 3. The third-order valence-electron chi connectivity index (χ3n) is 6.01. The molecule has 0 bridgehead atoms. The molecule has 0 fully saturated rings. The Hall–Kier alpha value is -5.03. The number of hydrogen-bond acceptors (Lipinski definition) is 7. The molecule has 202 valence electrons. The predicted molar refractivity (Wildman–Crippen MR) is 141 cm³/mol. The fourth-order valence-electron chi connectivity index (χ4n) is 3.94. The van der Waals surface area contributed by atoms with E-state index in [1.165, 1.54) is 30.5 Å². The van der Waals surface area contributed by atoms with Gasteiger partial charge < -0.3 is 24.8 Å². The first kappa shape index (κ1) is 26.6. The van der Waals surface area contributed by atoms with Gasteiger partial charge in [-0.1, -0.05) is 11.6 Å². The molecule has 5 rings (SSSR count). The molecule has 2 heterocycles. The highest BCUT2D eigenvalue weighted by Gasteiger charge is 2.43. The maximum atomic E-state index is 13.3. The van der Waals surface area contributed by atoms with Gasteiger partial charge in [0.1, 0.15) is 5.69 Å². The zero-order valence-electron chi connectivity index (χ0n) is 20.5. The SMILES string of the molecule is CN(c1ccc(Cl)cc1)c1ccc(C(=O)c2ccc(NC(=O)c3ccc4c(c3)OC(F)(F)O4)c(C(=O)O)c2)nc1. The monoisotopic (exact) mass is 565 g/mol. The first-order valence-electron chi connectivity index (χ1n) is 11.6. The summed E-state index contributed by atoms with van der Waals surface area (Å²) in [6.45, 7) is 0. The molecule has 12 heteroatoms. The molecule has 0 radical (unpaired) electrons. The topological polar surface area (TPSA) is 118 Å². The molecule has 0 unspecified atom stereocenters. The van der Waals surface area contributed by atoms with Gasteiger partial charge in [-0.15, -0.1) is 8.78 Å². The van der Waals surface area contributed by atoms with Gasteiger partial charge in [-0.3, -0.25) is 14.6 Å². The molecular formula is C28H18ClF2N3O6. The minimum absolute atomic E-state index is 0.0343. The van der Waals surface area contributed by atoms with Crippen LogP contribution in [0.1, 0.15) is 36.8 Å². The highest BCUT2D eigenvalue weighted by Crippen LogP contribution is 2.41. The molecule has 4 aromatic rings. The Morgan fingerprint density at radius 2 is 1.57 bits per heavy atom. The molecular weight excluding hydrogens is 548 g/mol. The summed E-state index contributed by atoms with van der Waals surface area (Å²) in [5.41, 5.74) is 1.13. The summed E-state index contributed by atoms with van der Waals surface area (Å²) < 4.78 is 35.2. The van der Waals surface area contributed by atoms with Crippen LogP contribution in [0.2, 0.25) is 5.02 Å². The van der Waals surface area contributed by atoms with Crippen LogP contribution < -0.4 is 19.7 Å². The lowest BCUT2D eigenvalue weighted by atomic mass is 10.0. The number of ketones is 1. The van der Waals surface area contributed by atoms with Crippen molar-refractivity contribution in [2.24, 2.45) is 0 Å². The van der Waals surface area contributed by atoms with Crippen LogP contribution in [-0.2, 0) is 0 Å². The normalized spacial score (nSPS) is 13.0. The zero-order chi connectivity index (χ0) is 28.6. The number of hydrogen-bond donors (Lipinski definition) is 2. The fraction of sp³-hybridized carbons (Fsp3) is 0.0714. The number of alkyl halides is 2. The molecule has 1 aliphatic rings. The van der Waals surface area contributed by atoms with Crippen LogP contribution in [0.15, 0.2) is 79.0 Å². The Morgan fingerprint density at radius 1 is 0.900 bits per heavy atom. The molecule has 0 spiro atoms. The number of halogens is 3. The first-order chi connectivity index (χ1) is 19.0. The van der Waals surface area contributed by atoms with Gasteiger partial charge in [0.05, 0.1) is 23.1 Å². The number of nitrogens with zero attached hydrogens (tertiary/aromatic N) is 2. The van der Waals surface area contributed by atoms with E-state index in [2.05, 4.69) is 19.8 Å². The average Bonchev–Trinajstić information content (AvgIpc) is 3.25. The summed E-state index contributed by atoms with van der Waals surface area (Å²) in [5, 5.41) is 12.7. The Kier molecular flexibility index (Phi) is 6.82. The van der Waals surface area contributed by atoms with Crippen molar-refractivity contribution in [1.82, 2.24) is 4.98 Å². The number of pyridine rings is 1. The summed E-state index contributed by atoms with van der Waals surface area (Å²) in [5.74, 6) is -3.30. The summed E-state index contributed by atoms with van der Waals surface area (Å²) in [6, 6.07) is 17.5. The van der Waals surface area contributed by atoms with Crippen molar-refractivity contribution in [2.45, 2.75) is 6.29 Å². The molecule has 0 atom stereocenters. The summed E-state index contributed by atoms with van der Waals surface area (Å²) >= 11 is 5.94. The van der Waals surface area contributed by atoms with Crippen molar-refractivity contribution in [1.29, 1.82) is 0 Å². The lowest BCUT2D eigenvalue weighted by Crippen LogP contribution is -2.25. The summed E-state index contributed by atoms with van der Waals surface area (Å²) in [7, 11) is 1.83. The maximum absolute atomic E-state index is 13.3. The molecule has 3 aromatic carbocycles. The van der Waals surface area contributed by atoms with E-state index in [1.807, 2.05) is 24.1 Å².